The number of benzene rings is 1. The monoisotopic (exact) mass is 429 g/mol. The minimum atomic E-state index is -0.428. The summed E-state index contributed by atoms with van der Waals surface area (Å²) >= 11 is 2.52. The Morgan fingerprint density at radius 2 is 1.97 bits per heavy atom. The van der Waals surface area contributed by atoms with Crippen LogP contribution in [0.2, 0.25) is 0 Å². The van der Waals surface area contributed by atoms with Gasteiger partial charge < -0.3 is 9.84 Å². The van der Waals surface area contributed by atoms with Crippen molar-refractivity contribution in [1.29, 1.82) is 0 Å². The van der Waals surface area contributed by atoms with Gasteiger partial charge in [-0.3, -0.25) is 14.9 Å². The molecule has 4 rings (SSSR count). The molecule has 2 amide bonds. The molecule has 0 saturated heterocycles. The van der Waals surface area contributed by atoms with Crippen molar-refractivity contribution in [3.8, 4) is 11.3 Å². The van der Waals surface area contributed by atoms with E-state index < -0.39 is 5.91 Å². The Hall–Kier alpha value is -2.72. The molecule has 0 spiro atoms. The van der Waals surface area contributed by atoms with Gasteiger partial charge in [0.2, 0.25) is 11.0 Å². The van der Waals surface area contributed by atoms with Crippen LogP contribution in [0, 0.1) is 0 Å². The van der Waals surface area contributed by atoms with Crippen molar-refractivity contribution >= 4 is 40.0 Å². The Labute approximate surface area is 175 Å². The van der Waals surface area contributed by atoms with Gasteiger partial charge in [-0.2, -0.15) is 0 Å². The number of carbonyl (C=O) groups excluding carboxylic acids is 2. The van der Waals surface area contributed by atoms with E-state index in [2.05, 4.69) is 26.0 Å². The first-order valence-electron chi connectivity index (χ1n) is 9.26. The van der Waals surface area contributed by atoms with Crippen molar-refractivity contribution in [2.45, 2.75) is 36.1 Å². The van der Waals surface area contributed by atoms with Crippen molar-refractivity contribution in [1.82, 2.24) is 20.7 Å². The maximum Gasteiger partial charge on any atom is 0.279 e. The van der Waals surface area contributed by atoms with Gasteiger partial charge in [-0.05, 0) is 12.8 Å². The molecule has 8 nitrogen and oxygen atoms in total. The van der Waals surface area contributed by atoms with Gasteiger partial charge in [0.05, 0.1) is 5.75 Å². The average molecular weight is 430 g/mol. The summed E-state index contributed by atoms with van der Waals surface area (Å²) in [4.78, 5) is 24.4. The minimum Gasteiger partial charge on any atom is -0.355 e. The Bertz CT molecular complexity index is 983. The van der Waals surface area contributed by atoms with Crippen molar-refractivity contribution in [3.63, 3.8) is 0 Å². The fourth-order valence-corrected chi connectivity index (χ4v) is 4.63. The SMILES string of the molecule is O=C(CSc1nnc(NC(=O)c2cc(-c3ccccc3)on2)s1)NC1CCCC1. The van der Waals surface area contributed by atoms with Gasteiger partial charge in [0.1, 0.15) is 0 Å². The maximum atomic E-state index is 12.4. The van der Waals surface area contributed by atoms with E-state index in [0.29, 0.717) is 21.3 Å². The number of rotatable bonds is 7. The number of anilines is 1. The molecule has 0 unspecified atom stereocenters. The number of amides is 2. The smallest absolute Gasteiger partial charge is 0.279 e. The molecule has 2 heterocycles. The molecule has 29 heavy (non-hydrogen) atoms. The molecule has 1 saturated carbocycles. The third kappa shape index (κ3) is 5.21. The van der Waals surface area contributed by atoms with E-state index >= 15 is 0 Å². The van der Waals surface area contributed by atoms with E-state index in [0.717, 1.165) is 18.4 Å². The van der Waals surface area contributed by atoms with Gasteiger partial charge in [0, 0.05) is 17.7 Å². The quantitative estimate of drug-likeness (QED) is 0.436. The molecule has 10 heteroatoms. The Morgan fingerprint density at radius 3 is 2.76 bits per heavy atom. The highest BCUT2D eigenvalue weighted by Gasteiger charge is 2.18. The minimum absolute atomic E-state index is 0.00118. The highest BCUT2D eigenvalue weighted by atomic mass is 32.2. The molecular weight excluding hydrogens is 410 g/mol. The zero-order valence-corrected chi connectivity index (χ0v) is 17.1. The molecule has 0 aliphatic heterocycles. The van der Waals surface area contributed by atoms with Gasteiger partial charge in [-0.1, -0.05) is 71.4 Å². The molecule has 1 fully saturated rings. The van der Waals surface area contributed by atoms with Crippen LogP contribution in [0.4, 0.5) is 5.13 Å². The summed E-state index contributed by atoms with van der Waals surface area (Å²) in [7, 11) is 0. The fourth-order valence-electron chi connectivity index (χ4n) is 3.07. The van der Waals surface area contributed by atoms with Gasteiger partial charge >= 0.3 is 0 Å². The van der Waals surface area contributed by atoms with Crippen molar-refractivity contribution < 1.29 is 14.1 Å². The first kappa shape index (κ1) is 19.6. The normalized spacial score (nSPS) is 14.1. The largest absolute Gasteiger partial charge is 0.355 e. The number of aromatic nitrogens is 3. The first-order valence-corrected chi connectivity index (χ1v) is 11.1. The highest BCUT2D eigenvalue weighted by Crippen LogP contribution is 2.26. The lowest BCUT2D eigenvalue weighted by molar-refractivity contribution is -0.119. The summed E-state index contributed by atoms with van der Waals surface area (Å²) in [5.74, 6) is 0.363. The predicted molar refractivity (Wildman–Crippen MR) is 111 cm³/mol. The molecule has 2 N–H and O–H groups in total. The Kier molecular flexibility index (Phi) is 6.20. The molecule has 0 radical (unpaired) electrons. The number of hydrogen-bond acceptors (Lipinski definition) is 8. The van der Waals surface area contributed by atoms with Crippen LogP contribution in [-0.2, 0) is 4.79 Å². The molecule has 0 atom stereocenters. The highest BCUT2D eigenvalue weighted by molar-refractivity contribution is 8.01. The molecular formula is C19H19N5O3S2. The van der Waals surface area contributed by atoms with Crippen LogP contribution in [0.1, 0.15) is 36.2 Å². The lowest BCUT2D eigenvalue weighted by Crippen LogP contribution is -2.33. The first-order chi connectivity index (χ1) is 14.2. The van der Waals surface area contributed by atoms with Gasteiger partial charge in [-0.15, -0.1) is 10.2 Å². The molecule has 0 bridgehead atoms. The van der Waals surface area contributed by atoms with Crippen LogP contribution >= 0.6 is 23.1 Å². The van der Waals surface area contributed by atoms with Crippen LogP contribution in [0.5, 0.6) is 0 Å². The summed E-state index contributed by atoms with van der Waals surface area (Å²) < 4.78 is 5.86. The second-order valence-electron chi connectivity index (χ2n) is 6.61. The number of hydrogen-bond donors (Lipinski definition) is 2. The van der Waals surface area contributed by atoms with E-state index in [-0.39, 0.29) is 17.4 Å². The third-order valence-electron chi connectivity index (χ3n) is 4.48. The zero-order valence-electron chi connectivity index (χ0n) is 15.5. The van der Waals surface area contributed by atoms with Crippen molar-refractivity contribution in [3.05, 3.63) is 42.1 Å². The lowest BCUT2D eigenvalue weighted by atomic mass is 10.1. The number of nitrogens with zero attached hydrogens (tertiary/aromatic N) is 3. The Morgan fingerprint density at radius 1 is 1.17 bits per heavy atom. The van der Waals surface area contributed by atoms with E-state index in [1.807, 2.05) is 30.3 Å². The summed E-state index contributed by atoms with van der Waals surface area (Å²) in [5, 5.41) is 17.8. The second kappa shape index (κ2) is 9.19. The number of nitrogens with one attached hydrogen (secondary N) is 2. The fraction of sp³-hybridized carbons (Fsp3) is 0.316. The molecule has 2 aromatic heterocycles. The average Bonchev–Trinajstić information content (AvgIpc) is 3.49. The lowest BCUT2D eigenvalue weighted by Gasteiger charge is -2.10. The second-order valence-corrected chi connectivity index (χ2v) is 8.81. The van der Waals surface area contributed by atoms with E-state index in [1.54, 1.807) is 6.07 Å². The standard InChI is InChI=1S/C19H19N5O3S2/c25-16(20-13-8-4-5-9-13)11-28-19-23-22-18(29-19)21-17(26)14-10-15(27-24-14)12-6-2-1-3-7-12/h1-3,6-7,10,13H,4-5,8-9,11H2,(H,20,25)(H,21,22,26). The van der Waals surface area contributed by atoms with Crippen LogP contribution in [0.15, 0.2) is 45.3 Å². The van der Waals surface area contributed by atoms with E-state index in [9.17, 15) is 9.59 Å². The summed E-state index contributed by atoms with van der Waals surface area (Å²) in [5.41, 5.74) is 0.994. The number of carbonyl (C=O) groups is 2. The Balaban J connectivity index is 1.29. The van der Waals surface area contributed by atoms with Gasteiger partial charge in [0.15, 0.2) is 15.8 Å². The summed E-state index contributed by atoms with van der Waals surface area (Å²) in [6.45, 7) is 0. The summed E-state index contributed by atoms with van der Waals surface area (Å²) in [6.07, 6.45) is 4.46. The topological polar surface area (TPSA) is 110 Å². The molecule has 150 valence electrons. The molecule has 3 aromatic rings. The van der Waals surface area contributed by atoms with Crippen LogP contribution in [0.25, 0.3) is 11.3 Å². The van der Waals surface area contributed by atoms with Crippen molar-refractivity contribution in [2.24, 2.45) is 0 Å². The number of thioether (sulfide) groups is 1. The van der Waals surface area contributed by atoms with Gasteiger partial charge in [0.25, 0.3) is 5.91 Å². The molecule has 1 aliphatic carbocycles. The predicted octanol–water partition coefficient (Wildman–Crippen LogP) is 3.60. The van der Waals surface area contributed by atoms with E-state index in [4.69, 9.17) is 4.52 Å². The van der Waals surface area contributed by atoms with E-state index in [1.165, 1.54) is 35.9 Å². The molecule has 1 aromatic carbocycles. The van der Waals surface area contributed by atoms with Crippen LogP contribution < -0.4 is 10.6 Å². The zero-order chi connectivity index (χ0) is 20.1. The third-order valence-corrected chi connectivity index (χ3v) is 6.45. The van der Waals surface area contributed by atoms with Crippen LogP contribution in [0.3, 0.4) is 0 Å². The summed E-state index contributed by atoms with van der Waals surface area (Å²) in [6, 6.07) is 11.3. The van der Waals surface area contributed by atoms with Gasteiger partial charge in [-0.25, -0.2) is 0 Å². The molecule has 1 aliphatic rings. The van der Waals surface area contributed by atoms with Crippen molar-refractivity contribution in [2.75, 3.05) is 11.1 Å². The van der Waals surface area contributed by atoms with Crippen LogP contribution in [-0.4, -0.2) is 39.0 Å². The maximum absolute atomic E-state index is 12.4.